The number of aryl methyl sites for hydroxylation is 1. The Morgan fingerprint density at radius 2 is 2.31 bits per heavy atom. The number of carbonyl (C=O) groups is 2. The highest BCUT2D eigenvalue weighted by Gasteiger charge is 2.31. The monoisotopic (exact) mass is 427 g/mol. The number of fused-ring (bicyclic) bond motifs is 1. The van der Waals surface area contributed by atoms with Crippen LogP contribution in [-0.2, 0) is 22.5 Å². The Kier molecular flexibility index (Phi) is 5.12. The molecule has 1 aliphatic rings. The highest BCUT2D eigenvalue weighted by molar-refractivity contribution is 7.71. The molecule has 0 saturated heterocycles. The van der Waals surface area contributed by atoms with Gasteiger partial charge in [-0.2, -0.15) is 5.10 Å². The maximum absolute atomic E-state index is 12.7. The van der Waals surface area contributed by atoms with Crippen molar-refractivity contribution in [3.8, 4) is 10.7 Å². The topological polar surface area (TPSA) is 102 Å². The molecule has 0 aliphatic carbocycles. The molecule has 10 heteroatoms. The third-order valence-corrected chi connectivity index (χ3v) is 5.86. The fraction of sp³-hybridized carbons (Fsp3) is 0.211. The highest BCUT2D eigenvalue weighted by Crippen LogP contribution is 2.32. The average molecular weight is 428 g/mol. The van der Waals surface area contributed by atoms with Gasteiger partial charge in [0.2, 0.25) is 0 Å². The van der Waals surface area contributed by atoms with Crippen molar-refractivity contribution < 1.29 is 14.3 Å². The van der Waals surface area contributed by atoms with Gasteiger partial charge < -0.3 is 4.74 Å². The zero-order chi connectivity index (χ0) is 20.5. The molecule has 8 nitrogen and oxygen atoms in total. The zero-order valence-corrected chi connectivity index (χ0v) is 17.1. The molecule has 0 saturated carbocycles. The van der Waals surface area contributed by atoms with Crippen LogP contribution in [0.5, 0.6) is 0 Å². The van der Waals surface area contributed by atoms with E-state index in [-0.39, 0.29) is 0 Å². The number of benzene rings is 1. The standard InChI is InChI=1S/C19H17N5O3S2/c1-3-8-24-15(22-23-19(24)28)14-10(2)20-18(29-14)21-16(25)13-9-11-6-4-5-7-12(11)17(26)27-13/h3-7,13H,1,8-9H2,2H3,(H,23,28)(H,20,21,25)/t13-/m1/s1. The molecule has 3 aromatic rings. The van der Waals surface area contributed by atoms with E-state index in [4.69, 9.17) is 17.0 Å². The predicted molar refractivity (Wildman–Crippen MR) is 111 cm³/mol. The predicted octanol–water partition coefficient (Wildman–Crippen LogP) is 3.28. The van der Waals surface area contributed by atoms with Crippen molar-refractivity contribution in [3.63, 3.8) is 0 Å². The normalized spacial score (nSPS) is 15.5. The van der Waals surface area contributed by atoms with Gasteiger partial charge >= 0.3 is 5.97 Å². The Bertz CT molecular complexity index is 1180. The second-order valence-corrected chi connectivity index (χ2v) is 7.82. The molecule has 4 rings (SSSR count). The number of aromatic amines is 1. The molecule has 0 bridgehead atoms. The molecule has 148 valence electrons. The van der Waals surface area contributed by atoms with E-state index in [0.717, 1.165) is 10.4 Å². The Labute approximate surface area is 175 Å². The maximum Gasteiger partial charge on any atom is 0.339 e. The number of hydrogen-bond acceptors (Lipinski definition) is 7. The highest BCUT2D eigenvalue weighted by atomic mass is 32.1. The van der Waals surface area contributed by atoms with Gasteiger partial charge in [-0.3, -0.25) is 19.8 Å². The van der Waals surface area contributed by atoms with Crippen LogP contribution in [-0.4, -0.2) is 37.7 Å². The summed E-state index contributed by atoms with van der Waals surface area (Å²) >= 11 is 6.53. The lowest BCUT2D eigenvalue weighted by Crippen LogP contribution is -2.37. The summed E-state index contributed by atoms with van der Waals surface area (Å²) in [4.78, 5) is 30.0. The van der Waals surface area contributed by atoms with E-state index in [1.807, 2.05) is 19.1 Å². The minimum absolute atomic E-state index is 0.322. The number of allylic oxidation sites excluding steroid dienone is 1. The van der Waals surface area contributed by atoms with E-state index < -0.39 is 18.0 Å². The number of hydrogen-bond donors (Lipinski definition) is 2. The quantitative estimate of drug-likeness (QED) is 0.368. The molecule has 0 unspecified atom stereocenters. The smallest absolute Gasteiger partial charge is 0.339 e. The number of cyclic esters (lactones) is 1. The molecular formula is C19H17N5O3S2. The van der Waals surface area contributed by atoms with E-state index in [1.165, 1.54) is 11.3 Å². The Balaban J connectivity index is 1.55. The molecule has 0 radical (unpaired) electrons. The van der Waals surface area contributed by atoms with Crippen LogP contribution in [0.4, 0.5) is 5.13 Å². The van der Waals surface area contributed by atoms with Crippen molar-refractivity contribution in [1.82, 2.24) is 19.7 Å². The molecule has 1 aromatic carbocycles. The number of amides is 1. The fourth-order valence-electron chi connectivity index (χ4n) is 3.11. The number of thiazole rings is 1. The average Bonchev–Trinajstić information content (AvgIpc) is 3.24. The van der Waals surface area contributed by atoms with Crippen LogP contribution in [0, 0.1) is 11.7 Å². The van der Waals surface area contributed by atoms with Crippen molar-refractivity contribution in [1.29, 1.82) is 0 Å². The molecule has 29 heavy (non-hydrogen) atoms. The summed E-state index contributed by atoms with van der Waals surface area (Å²) in [5.74, 6) is -0.287. The van der Waals surface area contributed by atoms with E-state index in [2.05, 4.69) is 27.1 Å². The maximum atomic E-state index is 12.7. The summed E-state index contributed by atoms with van der Waals surface area (Å²) in [5.41, 5.74) is 1.99. The molecule has 2 aromatic heterocycles. The summed E-state index contributed by atoms with van der Waals surface area (Å²) in [6.45, 7) is 6.06. The van der Waals surface area contributed by atoms with Crippen LogP contribution in [0.25, 0.3) is 10.7 Å². The number of H-pyrrole nitrogens is 1. The van der Waals surface area contributed by atoms with E-state index in [9.17, 15) is 9.59 Å². The minimum Gasteiger partial charge on any atom is -0.448 e. The van der Waals surface area contributed by atoms with Crippen LogP contribution < -0.4 is 5.32 Å². The number of carbonyl (C=O) groups excluding carboxylic acids is 2. The van der Waals surface area contributed by atoms with E-state index in [1.54, 1.807) is 22.8 Å². The summed E-state index contributed by atoms with van der Waals surface area (Å²) in [5, 5.41) is 10.2. The second-order valence-electron chi connectivity index (χ2n) is 6.43. The Morgan fingerprint density at radius 3 is 3.10 bits per heavy atom. The van der Waals surface area contributed by atoms with Gasteiger partial charge in [-0.1, -0.05) is 35.6 Å². The SMILES string of the molecule is C=CCn1c(-c2sc(NC(=O)[C@H]3Cc4ccccc4C(=O)O3)nc2C)n[nH]c1=S. The van der Waals surface area contributed by atoms with Crippen molar-refractivity contribution in [2.24, 2.45) is 0 Å². The van der Waals surface area contributed by atoms with Gasteiger partial charge in [-0.25, -0.2) is 9.78 Å². The Morgan fingerprint density at radius 1 is 1.52 bits per heavy atom. The number of nitrogens with one attached hydrogen (secondary N) is 2. The lowest BCUT2D eigenvalue weighted by atomic mass is 9.98. The minimum atomic E-state index is -0.902. The number of aromatic nitrogens is 4. The number of esters is 1. The summed E-state index contributed by atoms with van der Waals surface area (Å²) < 4.78 is 7.58. The molecule has 1 aliphatic heterocycles. The third kappa shape index (κ3) is 3.64. The second kappa shape index (κ2) is 7.72. The van der Waals surface area contributed by atoms with Gasteiger partial charge in [-0.15, -0.1) is 6.58 Å². The van der Waals surface area contributed by atoms with Gasteiger partial charge in [0.05, 0.1) is 16.1 Å². The summed E-state index contributed by atoms with van der Waals surface area (Å²) in [7, 11) is 0. The largest absolute Gasteiger partial charge is 0.448 e. The van der Waals surface area contributed by atoms with Crippen molar-refractivity contribution in [2.45, 2.75) is 26.0 Å². The van der Waals surface area contributed by atoms with Gasteiger partial charge in [0.25, 0.3) is 5.91 Å². The lowest BCUT2D eigenvalue weighted by molar-refractivity contribution is -0.125. The van der Waals surface area contributed by atoms with Crippen molar-refractivity contribution in [2.75, 3.05) is 5.32 Å². The van der Waals surface area contributed by atoms with Gasteiger partial charge in [0, 0.05) is 13.0 Å². The first-order valence-corrected chi connectivity index (χ1v) is 10.0. The molecular weight excluding hydrogens is 410 g/mol. The molecule has 3 heterocycles. The molecule has 2 N–H and O–H groups in total. The fourth-order valence-corrected chi connectivity index (χ4v) is 4.29. The summed E-state index contributed by atoms with van der Waals surface area (Å²) in [6, 6.07) is 7.11. The lowest BCUT2D eigenvalue weighted by Gasteiger charge is -2.23. The number of ether oxygens (including phenoxy) is 1. The van der Waals surface area contributed by atoms with Gasteiger partial charge in [0.15, 0.2) is 21.8 Å². The van der Waals surface area contributed by atoms with Crippen LogP contribution in [0.1, 0.15) is 21.6 Å². The number of rotatable bonds is 5. The molecule has 0 spiro atoms. The number of nitrogens with zero attached hydrogens (tertiary/aromatic N) is 3. The zero-order valence-electron chi connectivity index (χ0n) is 15.5. The van der Waals surface area contributed by atoms with Crippen molar-refractivity contribution in [3.05, 3.63) is 58.5 Å². The van der Waals surface area contributed by atoms with E-state index in [0.29, 0.717) is 39.9 Å². The van der Waals surface area contributed by atoms with Crippen LogP contribution >= 0.6 is 23.6 Å². The van der Waals surface area contributed by atoms with Crippen LogP contribution in [0.3, 0.4) is 0 Å². The third-order valence-electron chi connectivity index (χ3n) is 4.48. The van der Waals surface area contributed by atoms with E-state index >= 15 is 0 Å². The van der Waals surface area contributed by atoms with Gasteiger partial charge in [0.1, 0.15) is 0 Å². The molecule has 1 amide bonds. The van der Waals surface area contributed by atoms with Crippen LogP contribution in [0.2, 0.25) is 0 Å². The first-order chi connectivity index (χ1) is 14.0. The first-order valence-electron chi connectivity index (χ1n) is 8.81. The Hall–Kier alpha value is -3.11. The van der Waals surface area contributed by atoms with Crippen LogP contribution in [0.15, 0.2) is 36.9 Å². The summed E-state index contributed by atoms with van der Waals surface area (Å²) in [6.07, 6.45) is 1.15. The molecule has 0 fully saturated rings. The van der Waals surface area contributed by atoms with Crippen molar-refractivity contribution >= 4 is 40.6 Å². The van der Waals surface area contributed by atoms with Gasteiger partial charge in [-0.05, 0) is 30.8 Å². The molecule has 1 atom stereocenters. The number of anilines is 1. The first kappa shape index (κ1) is 19.2.